The molecule has 0 aliphatic rings. The maximum Gasteiger partial charge on any atom is 0.267 e. The average Bonchev–Trinajstić information content (AvgIpc) is 2.49. The molecule has 0 amide bonds. The molecule has 2 aromatic carbocycles. The molecule has 3 rings (SSSR count). The monoisotopic (exact) mass is 279 g/mol. The summed E-state index contributed by atoms with van der Waals surface area (Å²) in [5.41, 5.74) is 8.07. The number of rotatable bonds is 3. The topological polar surface area (TPSA) is 60.9 Å². The molecule has 4 heteroatoms. The van der Waals surface area contributed by atoms with Crippen molar-refractivity contribution in [1.82, 2.24) is 9.78 Å². The van der Waals surface area contributed by atoms with E-state index < -0.39 is 0 Å². The molecule has 1 heterocycles. The summed E-state index contributed by atoms with van der Waals surface area (Å²) in [6.45, 7) is 2.22. The first kappa shape index (κ1) is 13.5. The molecule has 0 saturated heterocycles. The number of fused-ring (bicyclic) bond motifs is 1. The van der Waals surface area contributed by atoms with Crippen molar-refractivity contribution >= 4 is 10.8 Å². The summed E-state index contributed by atoms with van der Waals surface area (Å²) in [7, 11) is 0. The maximum absolute atomic E-state index is 11.9. The largest absolute Gasteiger partial charge is 0.322 e. The molecule has 0 aliphatic heterocycles. The highest BCUT2D eigenvalue weighted by atomic mass is 16.1. The molecule has 21 heavy (non-hydrogen) atoms. The van der Waals surface area contributed by atoms with Gasteiger partial charge in [0.05, 0.1) is 18.8 Å². The molecule has 1 unspecified atom stereocenters. The molecule has 0 bridgehead atoms. The smallest absolute Gasteiger partial charge is 0.267 e. The van der Waals surface area contributed by atoms with E-state index >= 15 is 0 Å². The molecule has 1 aromatic heterocycles. The molecule has 3 aromatic rings. The zero-order valence-corrected chi connectivity index (χ0v) is 11.9. The van der Waals surface area contributed by atoms with Gasteiger partial charge >= 0.3 is 0 Å². The number of aryl methyl sites for hydroxylation is 1. The second-order valence-corrected chi connectivity index (χ2v) is 5.23. The molecule has 1 atom stereocenters. The number of nitrogens with zero attached hydrogens (tertiary/aromatic N) is 2. The van der Waals surface area contributed by atoms with Crippen molar-refractivity contribution < 1.29 is 0 Å². The zero-order valence-electron chi connectivity index (χ0n) is 11.9. The van der Waals surface area contributed by atoms with Crippen LogP contribution in [0.3, 0.4) is 0 Å². The fraction of sp³-hybridized carbons (Fsp3) is 0.176. The van der Waals surface area contributed by atoms with Gasteiger partial charge in [0.2, 0.25) is 0 Å². The lowest BCUT2D eigenvalue weighted by atomic mass is 9.99. The Bertz CT molecular complexity index is 833. The van der Waals surface area contributed by atoms with Gasteiger partial charge in [-0.2, -0.15) is 5.10 Å². The van der Waals surface area contributed by atoms with E-state index in [1.54, 1.807) is 12.3 Å². The molecule has 0 spiro atoms. The third kappa shape index (κ3) is 2.71. The third-order valence-electron chi connectivity index (χ3n) is 3.60. The van der Waals surface area contributed by atoms with E-state index in [-0.39, 0.29) is 11.6 Å². The summed E-state index contributed by atoms with van der Waals surface area (Å²) in [4.78, 5) is 11.9. The minimum Gasteiger partial charge on any atom is -0.322 e. The van der Waals surface area contributed by atoms with Crippen LogP contribution in [0.15, 0.2) is 59.5 Å². The van der Waals surface area contributed by atoms with Gasteiger partial charge in [-0.25, -0.2) is 4.68 Å². The van der Waals surface area contributed by atoms with E-state index in [9.17, 15) is 4.79 Å². The Morgan fingerprint density at radius 3 is 2.76 bits per heavy atom. The van der Waals surface area contributed by atoms with Gasteiger partial charge in [-0.05, 0) is 28.8 Å². The highest BCUT2D eigenvalue weighted by Gasteiger charge is 2.11. The van der Waals surface area contributed by atoms with Gasteiger partial charge in [-0.15, -0.1) is 0 Å². The first-order valence-corrected chi connectivity index (χ1v) is 6.92. The number of aromatic nitrogens is 2. The standard InChI is InChI=1S/C17H17N3O/c1-12-9-17(21)20(19-10-12)11-16(18)15-8-4-6-13-5-2-3-7-14(13)15/h2-10,16H,11,18H2,1H3. The SMILES string of the molecule is Cc1cnn(CC(N)c2cccc3ccccc23)c(=O)c1. The third-order valence-corrected chi connectivity index (χ3v) is 3.60. The number of hydrogen-bond donors (Lipinski definition) is 1. The van der Waals surface area contributed by atoms with E-state index in [0.717, 1.165) is 21.9 Å². The summed E-state index contributed by atoms with van der Waals surface area (Å²) in [5, 5.41) is 6.41. The molecule has 0 saturated carbocycles. The van der Waals surface area contributed by atoms with Gasteiger partial charge in [0, 0.05) is 6.07 Å². The lowest BCUT2D eigenvalue weighted by Gasteiger charge is -2.15. The normalized spacial score (nSPS) is 12.5. The Kier molecular flexibility index (Phi) is 3.54. The number of benzene rings is 2. The van der Waals surface area contributed by atoms with E-state index in [4.69, 9.17) is 5.73 Å². The Labute approximate surface area is 122 Å². The summed E-state index contributed by atoms with van der Waals surface area (Å²) < 4.78 is 1.42. The van der Waals surface area contributed by atoms with Crippen LogP contribution in [0, 0.1) is 6.92 Å². The fourth-order valence-corrected chi connectivity index (χ4v) is 2.52. The first-order valence-electron chi connectivity index (χ1n) is 6.92. The van der Waals surface area contributed by atoms with Crippen LogP contribution in [0.25, 0.3) is 10.8 Å². The number of hydrogen-bond acceptors (Lipinski definition) is 3. The Morgan fingerprint density at radius 1 is 1.19 bits per heavy atom. The van der Waals surface area contributed by atoms with Gasteiger partial charge in [0.25, 0.3) is 5.56 Å². The summed E-state index contributed by atoms with van der Waals surface area (Å²) in [6.07, 6.45) is 1.68. The van der Waals surface area contributed by atoms with Crippen LogP contribution in [0.5, 0.6) is 0 Å². The second-order valence-electron chi connectivity index (χ2n) is 5.23. The highest BCUT2D eigenvalue weighted by Crippen LogP contribution is 2.23. The van der Waals surface area contributed by atoms with Crippen LogP contribution in [0.1, 0.15) is 17.2 Å². The summed E-state index contributed by atoms with van der Waals surface area (Å²) >= 11 is 0. The molecule has 106 valence electrons. The van der Waals surface area contributed by atoms with Gasteiger partial charge in [-0.3, -0.25) is 4.79 Å². The Balaban J connectivity index is 1.97. The molecule has 0 aliphatic carbocycles. The van der Waals surface area contributed by atoms with E-state index in [1.165, 1.54) is 4.68 Å². The quantitative estimate of drug-likeness (QED) is 0.801. The number of nitrogens with two attached hydrogens (primary N) is 1. The lowest BCUT2D eigenvalue weighted by molar-refractivity contribution is 0.504. The zero-order chi connectivity index (χ0) is 14.8. The van der Waals surface area contributed by atoms with Crippen molar-refractivity contribution in [2.75, 3.05) is 0 Å². The fourth-order valence-electron chi connectivity index (χ4n) is 2.52. The van der Waals surface area contributed by atoms with Crippen molar-refractivity contribution in [3.63, 3.8) is 0 Å². The van der Waals surface area contributed by atoms with Crippen molar-refractivity contribution in [1.29, 1.82) is 0 Å². The van der Waals surface area contributed by atoms with Crippen LogP contribution < -0.4 is 11.3 Å². The maximum atomic E-state index is 11.9. The predicted molar refractivity (Wildman–Crippen MR) is 84.1 cm³/mol. The van der Waals surface area contributed by atoms with Crippen molar-refractivity contribution in [3.05, 3.63) is 76.2 Å². The Hall–Kier alpha value is -2.46. The molecule has 0 radical (unpaired) electrons. The van der Waals surface area contributed by atoms with Crippen LogP contribution in [-0.4, -0.2) is 9.78 Å². The second kappa shape index (κ2) is 5.50. The lowest BCUT2D eigenvalue weighted by Crippen LogP contribution is -2.28. The molecular weight excluding hydrogens is 262 g/mol. The van der Waals surface area contributed by atoms with Crippen molar-refractivity contribution in [2.24, 2.45) is 5.73 Å². The molecule has 2 N–H and O–H groups in total. The van der Waals surface area contributed by atoms with Gasteiger partial charge < -0.3 is 5.73 Å². The van der Waals surface area contributed by atoms with E-state index in [2.05, 4.69) is 23.3 Å². The van der Waals surface area contributed by atoms with Crippen molar-refractivity contribution in [3.8, 4) is 0 Å². The minimum absolute atomic E-state index is 0.120. The van der Waals surface area contributed by atoms with Crippen LogP contribution in [-0.2, 0) is 6.54 Å². The van der Waals surface area contributed by atoms with Crippen LogP contribution in [0.2, 0.25) is 0 Å². The minimum atomic E-state index is -0.274. The van der Waals surface area contributed by atoms with Crippen LogP contribution >= 0.6 is 0 Å². The predicted octanol–water partition coefficient (Wildman–Crippen LogP) is 2.40. The van der Waals surface area contributed by atoms with Crippen LogP contribution in [0.4, 0.5) is 0 Å². The van der Waals surface area contributed by atoms with Crippen molar-refractivity contribution in [2.45, 2.75) is 19.5 Å². The van der Waals surface area contributed by atoms with E-state index in [0.29, 0.717) is 6.54 Å². The van der Waals surface area contributed by atoms with Gasteiger partial charge in [0.1, 0.15) is 0 Å². The first-order chi connectivity index (χ1) is 10.1. The summed E-state index contributed by atoms with van der Waals surface area (Å²) in [5.74, 6) is 0. The highest BCUT2D eigenvalue weighted by molar-refractivity contribution is 5.86. The summed E-state index contributed by atoms with van der Waals surface area (Å²) in [6, 6.07) is 15.5. The Morgan fingerprint density at radius 2 is 1.95 bits per heavy atom. The molecule has 4 nitrogen and oxygen atoms in total. The molecule has 0 fully saturated rings. The van der Waals surface area contributed by atoms with E-state index in [1.807, 2.05) is 31.2 Å². The van der Waals surface area contributed by atoms with Gasteiger partial charge in [-0.1, -0.05) is 42.5 Å². The van der Waals surface area contributed by atoms with Gasteiger partial charge in [0.15, 0.2) is 0 Å². The molecular formula is C17H17N3O. The average molecular weight is 279 g/mol.